The largest absolute Gasteiger partial charge is 0.466 e. The van der Waals surface area contributed by atoms with Crippen LogP contribution in [0.15, 0.2) is 24.3 Å². The normalized spacial score (nSPS) is 10.5. The third-order valence-corrected chi connectivity index (χ3v) is 1.76. The summed E-state index contributed by atoms with van der Waals surface area (Å²) >= 11 is 0. The van der Waals surface area contributed by atoms with E-state index in [9.17, 15) is 9.18 Å². The van der Waals surface area contributed by atoms with Gasteiger partial charge < -0.3 is 4.74 Å². The molecule has 0 saturated carbocycles. The predicted molar refractivity (Wildman–Crippen MR) is 52.2 cm³/mol. The summed E-state index contributed by atoms with van der Waals surface area (Å²) in [5, 5.41) is 0. The Balaban J connectivity index is 2.87. The van der Waals surface area contributed by atoms with Crippen molar-refractivity contribution >= 4 is 12.0 Å². The number of carbonyl (C=O) groups is 1. The zero-order valence-corrected chi connectivity index (χ0v) is 8.08. The van der Waals surface area contributed by atoms with E-state index in [2.05, 4.69) is 4.74 Å². The molecule has 0 amide bonds. The Bertz CT molecular complexity index is 370. The van der Waals surface area contributed by atoms with Gasteiger partial charge in [0.15, 0.2) is 0 Å². The summed E-state index contributed by atoms with van der Waals surface area (Å²) in [6.45, 7) is 1.80. The third-order valence-electron chi connectivity index (χ3n) is 1.76. The van der Waals surface area contributed by atoms with E-state index in [1.165, 1.54) is 25.3 Å². The molecule has 0 spiro atoms. The highest BCUT2D eigenvalue weighted by Gasteiger charge is 1.99. The molecule has 0 saturated heterocycles. The Kier molecular flexibility index (Phi) is 3.40. The van der Waals surface area contributed by atoms with Crippen molar-refractivity contribution in [2.24, 2.45) is 0 Å². The minimum absolute atomic E-state index is 0.342. The molecular formula is C11H11FO2. The Hall–Kier alpha value is -1.64. The molecule has 0 fully saturated rings. The molecule has 2 nitrogen and oxygen atoms in total. The van der Waals surface area contributed by atoms with Crippen LogP contribution in [0.5, 0.6) is 0 Å². The Morgan fingerprint density at radius 1 is 1.50 bits per heavy atom. The van der Waals surface area contributed by atoms with E-state index >= 15 is 0 Å². The minimum atomic E-state index is -0.495. The fourth-order valence-corrected chi connectivity index (χ4v) is 0.993. The Morgan fingerprint density at radius 2 is 2.21 bits per heavy atom. The first-order valence-corrected chi connectivity index (χ1v) is 4.15. The topological polar surface area (TPSA) is 26.3 Å². The predicted octanol–water partition coefficient (Wildman–Crippen LogP) is 2.32. The number of halogens is 1. The number of carbonyl (C=O) groups excluding carboxylic acids is 1. The number of hydrogen-bond donors (Lipinski definition) is 0. The van der Waals surface area contributed by atoms with Gasteiger partial charge in [0.1, 0.15) is 5.82 Å². The number of methoxy groups -OCH3 is 1. The lowest BCUT2D eigenvalue weighted by atomic mass is 10.1. The van der Waals surface area contributed by atoms with Crippen molar-refractivity contribution in [2.75, 3.05) is 7.11 Å². The first-order valence-electron chi connectivity index (χ1n) is 4.15. The van der Waals surface area contributed by atoms with Crippen LogP contribution in [0.3, 0.4) is 0 Å². The standard InChI is InChI=1S/C11H11FO2/c1-8-3-4-9(10(12)7-8)5-6-11(13)14-2/h3-7H,1-2H3. The highest BCUT2D eigenvalue weighted by atomic mass is 19.1. The summed E-state index contributed by atoms with van der Waals surface area (Å²) in [6, 6.07) is 4.81. The van der Waals surface area contributed by atoms with Crippen molar-refractivity contribution in [2.45, 2.75) is 6.92 Å². The first-order chi connectivity index (χ1) is 6.63. The highest BCUT2D eigenvalue weighted by molar-refractivity contribution is 5.86. The van der Waals surface area contributed by atoms with Crippen molar-refractivity contribution in [1.82, 2.24) is 0 Å². The molecule has 3 heteroatoms. The summed E-state index contributed by atoms with van der Waals surface area (Å²) in [4.78, 5) is 10.7. The van der Waals surface area contributed by atoms with Gasteiger partial charge >= 0.3 is 5.97 Å². The van der Waals surface area contributed by atoms with Gasteiger partial charge in [0.2, 0.25) is 0 Å². The van der Waals surface area contributed by atoms with Gasteiger partial charge in [-0.05, 0) is 24.6 Å². The molecule has 74 valence electrons. The van der Waals surface area contributed by atoms with Gasteiger partial charge in [0.05, 0.1) is 7.11 Å². The molecule has 0 N–H and O–H groups in total. The second kappa shape index (κ2) is 4.56. The number of rotatable bonds is 2. The van der Waals surface area contributed by atoms with Gasteiger partial charge in [0.25, 0.3) is 0 Å². The van der Waals surface area contributed by atoms with E-state index in [-0.39, 0.29) is 5.82 Å². The minimum Gasteiger partial charge on any atom is -0.466 e. The van der Waals surface area contributed by atoms with E-state index in [1.54, 1.807) is 19.1 Å². The van der Waals surface area contributed by atoms with E-state index in [1.807, 2.05) is 0 Å². The van der Waals surface area contributed by atoms with Crippen LogP contribution >= 0.6 is 0 Å². The second-order valence-electron chi connectivity index (χ2n) is 2.88. The number of esters is 1. The van der Waals surface area contributed by atoms with Crippen molar-refractivity contribution in [3.63, 3.8) is 0 Å². The molecule has 0 heterocycles. The van der Waals surface area contributed by atoms with Gasteiger partial charge in [-0.2, -0.15) is 0 Å². The second-order valence-corrected chi connectivity index (χ2v) is 2.88. The fourth-order valence-electron chi connectivity index (χ4n) is 0.993. The molecule has 0 bridgehead atoms. The van der Waals surface area contributed by atoms with Crippen LogP contribution < -0.4 is 0 Å². The van der Waals surface area contributed by atoms with Gasteiger partial charge in [-0.15, -0.1) is 0 Å². The molecule has 14 heavy (non-hydrogen) atoms. The van der Waals surface area contributed by atoms with Crippen LogP contribution in [0.2, 0.25) is 0 Å². The highest BCUT2D eigenvalue weighted by Crippen LogP contribution is 2.11. The van der Waals surface area contributed by atoms with Crippen LogP contribution in [0.25, 0.3) is 6.08 Å². The average molecular weight is 194 g/mol. The van der Waals surface area contributed by atoms with E-state index in [4.69, 9.17) is 0 Å². The molecule has 0 aromatic heterocycles. The van der Waals surface area contributed by atoms with Crippen LogP contribution in [0, 0.1) is 12.7 Å². The summed E-state index contributed by atoms with van der Waals surface area (Å²) in [7, 11) is 1.28. The maximum Gasteiger partial charge on any atom is 0.330 e. The van der Waals surface area contributed by atoms with Gasteiger partial charge in [-0.1, -0.05) is 12.1 Å². The Labute approximate surface area is 82.0 Å². The molecule has 0 radical (unpaired) electrons. The molecular weight excluding hydrogens is 183 g/mol. The maximum absolute atomic E-state index is 13.2. The van der Waals surface area contributed by atoms with Crippen molar-refractivity contribution in [1.29, 1.82) is 0 Å². The van der Waals surface area contributed by atoms with Gasteiger partial charge in [-0.25, -0.2) is 9.18 Å². The summed E-state index contributed by atoms with van der Waals surface area (Å²) < 4.78 is 17.6. The number of ether oxygens (including phenoxy) is 1. The monoisotopic (exact) mass is 194 g/mol. The molecule has 0 aliphatic rings. The van der Waals surface area contributed by atoms with Crippen LogP contribution in [0.4, 0.5) is 4.39 Å². The summed E-state index contributed by atoms with van der Waals surface area (Å²) in [5.41, 5.74) is 1.22. The average Bonchev–Trinajstić information content (AvgIpc) is 2.16. The zero-order valence-electron chi connectivity index (χ0n) is 8.08. The number of aryl methyl sites for hydroxylation is 1. The van der Waals surface area contributed by atoms with E-state index in [0.29, 0.717) is 5.56 Å². The smallest absolute Gasteiger partial charge is 0.330 e. The molecule has 1 aromatic rings. The van der Waals surface area contributed by atoms with E-state index < -0.39 is 5.97 Å². The van der Waals surface area contributed by atoms with Gasteiger partial charge in [0, 0.05) is 11.6 Å². The number of hydrogen-bond acceptors (Lipinski definition) is 2. The lowest BCUT2D eigenvalue weighted by molar-refractivity contribution is -0.134. The molecule has 1 aromatic carbocycles. The molecule has 0 atom stereocenters. The summed E-state index contributed by atoms with van der Waals surface area (Å²) in [5.74, 6) is -0.838. The maximum atomic E-state index is 13.2. The number of benzene rings is 1. The van der Waals surface area contributed by atoms with Crippen molar-refractivity contribution < 1.29 is 13.9 Å². The Morgan fingerprint density at radius 3 is 2.79 bits per heavy atom. The van der Waals surface area contributed by atoms with Crippen LogP contribution in [-0.2, 0) is 9.53 Å². The summed E-state index contributed by atoms with van der Waals surface area (Å²) in [6.07, 6.45) is 2.58. The quantitative estimate of drug-likeness (QED) is 0.533. The molecule has 0 aliphatic carbocycles. The third kappa shape index (κ3) is 2.69. The first kappa shape index (κ1) is 10.4. The fraction of sp³-hybridized carbons (Fsp3) is 0.182. The lowest BCUT2D eigenvalue weighted by Crippen LogP contribution is -1.93. The van der Waals surface area contributed by atoms with Crippen molar-refractivity contribution in [3.05, 3.63) is 41.2 Å². The van der Waals surface area contributed by atoms with Crippen LogP contribution in [-0.4, -0.2) is 13.1 Å². The van der Waals surface area contributed by atoms with E-state index in [0.717, 1.165) is 5.56 Å². The molecule has 0 aliphatic heterocycles. The lowest BCUT2D eigenvalue weighted by Gasteiger charge is -1.97. The molecule has 1 rings (SSSR count). The van der Waals surface area contributed by atoms with Crippen LogP contribution in [0.1, 0.15) is 11.1 Å². The SMILES string of the molecule is COC(=O)C=Cc1ccc(C)cc1F. The van der Waals surface area contributed by atoms with Crippen molar-refractivity contribution in [3.8, 4) is 0 Å². The zero-order chi connectivity index (χ0) is 10.6. The molecule has 0 unspecified atom stereocenters. The van der Waals surface area contributed by atoms with Gasteiger partial charge in [-0.3, -0.25) is 0 Å².